The molecule has 0 unspecified atom stereocenters. The molecule has 0 atom stereocenters. The van der Waals surface area contributed by atoms with Gasteiger partial charge in [0.15, 0.2) is 0 Å². The first-order valence-corrected chi connectivity index (χ1v) is 7.38. The summed E-state index contributed by atoms with van der Waals surface area (Å²) in [7, 11) is 0. The van der Waals surface area contributed by atoms with Crippen LogP contribution in [0, 0.1) is 13.8 Å². The number of benzene rings is 2. The maximum atomic E-state index is 4.37. The van der Waals surface area contributed by atoms with Crippen LogP contribution in [0.2, 0.25) is 0 Å². The highest BCUT2D eigenvalue weighted by molar-refractivity contribution is 5.49. The van der Waals surface area contributed by atoms with Gasteiger partial charge in [-0.05, 0) is 43.2 Å². The third-order valence-corrected chi connectivity index (χ3v) is 3.54. The number of hydrogen-bond donors (Lipinski definition) is 2. The molecular formula is C18H20N4. The van der Waals surface area contributed by atoms with Crippen molar-refractivity contribution in [3.8, 4) is 5.69 Å². The lowest BCUT2D eigenvalue weighted by Gasteiger charge is -2.15. The zero-order valence-corrected chi connectivity index (χ0v) is 12.9. The number of nitrogens with zero attached hydrogens (tertiary/aromatic N) is 2. The van der Waals surface area contributed by atoms with Crippen LogP contribution >= 0.6 is 0 Å². The van der Waals surface area contributed by atoms with Crippen LogP contribution in [0.5, 0.6) is 0 Å². The van der Waals surface area contributed by atoms with Crippen molar-refractivity contribution in [1.82, 2.24) is 15.2 Å². The smallest absolute Gasteiger partial charge is 0.0720 e. The Hall–Kier alpha value is -2.59. The van der Waals surface area contributed by atoms with Crippen LogP contribution in [0.25, 0.3) is 5.69 Å². The first-order chi connectivity index (χ1) is 10.7. The third kappa shape index (κ3) is 3.18. The van der Waals surface area contributed by atoms with Gasteiger partial charge in [0.25, 0.3) is 0 Å². The Morgan fingerprint density at radius 1 is 1.05 bits per heavy atom. The molecule has 0 bridgehead atoms. The molecule has 0 saturated heterocycles. The van der Waals surface area contributed by atoms with E-state index in [0.717, 1.165) is 11.4 Å². The summed E-state index contributed by atoms with van der Waals surface area (Å²) in [6.07, 6.45) is 3.78. The molecule has 0 aliphatic carbocycles. The molecule has 0 aliphatic heterocycles. The maximum absolute atomic E-state index is 4.37. The Balaban J connectivity index is 1.81. The maximum Gasteiger partial charge on any atom is 0.0720 e. The number of hydrazine groups is 1. The Kier molecular flexibility index (Phi) is 4.21. The van der Waals surface area contributed by atoms with Crippen LogP contribution in [0.15, 0.2) is 60.9 Å². The van der Waals surface area contributed by atoms with Gasteiger partial charge in [-0.25, -0.2) is 10.1 Å². The molecule has 4 nitrogen and oxygen atoms in total. The summed E-state index contributed by atoms with van der Waals surface area (Å²) in [5.74, 6) is 0. The largest absolute Gasteiger partial charge is 0.321 e. The molecule has 0 fully saturated rings. The molecule has 4 heteroatoms. The molecule has 2 aromatic carbocycles. The van der Waals surface area contributed by atoms with Gasteiger partial charge in [-0.2, -0.15) is 5.10 Å². The molecule has 0 amide bonds. The molecule has 0 saturated carbocycles. The van der Waals surface area contributed by atoms with Crippen molar-refractivity contribution in [3.05, 3.63) is 77.6 Å². The van der Waals surface area contributed by atoms with E-state index in [4.69, 9.17) is 0 Å². The Labute approximate surface area is 130 Å². The predicted molar refractivity (Wildman–Crippen MR) is 89.9 cm³/mol. The molecule has 3 aromatic rings. The van der Waals surface area contributed by atoms with Crippen molar-refractivity contribution < 1.29 is 0 Å². The second-order valence-corrected chi connectivity index (χ2v) is 5.38. The Morgan fingerprint density at radius 2 is 1.86 bits per heavy atom. The van der Waals surface area contributed by atoms with Crippen molar-refractivity contribution >= 4 is 5.69 Å². The van der Waals surface area contributed by atoms with Crippen molar-refractivity contribution in [3.63, 3.8) is 0 Å². The zero-order chi connectivity index (χ0) is 15.4. The first-order valence-electron chi connectivity index (χ1n) is 7.38. The minimum atomic E-state index is 0.715. The van der Waals surface area contributed by atoms with E-state index in [1.54, 1.807) is 6.20 Å². The second-order valence-electron chi connectivity index (χ2n) is 5.38. The molecule has 0 radical (unpaired) electrons. The van der Waals surface area contributed by atoms with Gasteiger partial charge in [0.05, 0.1) is 5.69 Å². The number of aryl methyl sites for hydroxylation is 2. The van der Waals surface area contributed by atoms with Gasteiger partial charge in [-0.15, -0.1) is 0 Å². The summed E-state index contributed by atoms with van der Waals surface area (Å²) < 4.78 is 1.92. The highest BCUT2D eigenvalue weighted by atomic mass is 15.4. The van der Waals surface area contributed by atoms with Crippen molar-refractivity contribution in [2.45, 2.75) is 20.4 Å². The SMILES string of the molecule is Cc1cc(C)c(-n2cccn2)c(CNNc2ccccc2)c1. The fraction of sp³-hybridized carbons (Fsp3) is 0.167. The summed E-state index contributed by atoms with van der Waals surface area (Å²) in [6, 6.07) is 16.4. The van der Waals surface area contributed by atoms with E-state index in [-0.39, 0.29) is 0 Å². The van der Waals surface area contributed by atoms with E-state index in [0.29, 0.717) is 6.54 Å². The van der Waals surface area contributed by atoms with Crippen molar-refractivity contribution in [1.29, 1.82) is 0 Å². The average Bonchev–Trinajstić information content (AvgIpc) is 3.01. The van der Waals surface area contributed by atoms with E-state index >= 15 is 0 Å². The number of aromatic nitrogens is 2. The zero-order valence-electron chi connectivity index (χ0n) is 12.9. The van der Waals surface area contributed by atoms with Gasteiger partial charge in [-0.1, -0.05) is 35.9 Å². The molecule has 1 heterocycles. The summed E-state index contributed by atoms with van der Waals surface area (Å²) in [5.41, 5.74) is 12.4. The van der Waals surface area contributed by atoms with Crippen LogP contribution in [-0.2, 0) is 6.54 Å². The van der Waals surface area contributed by atoms with Crippen LogP contribution < -0.4 is 10.9 Å². The third-order valence-electron chi connectivity index (χ3n) is 3.54. The fourth-order valence-electron chi connectivity index (χ4n) is 2.67. The van der Waals surface area contributed by atoms with Crippen LogP contribution in [0.1, 0.15) is 16.7 Å². The van der Waals surface area contributed by atoms with Gasteiger partial charge in [-0.3, -0.25) is 0 Å². The first kappa shape index (κ1) is 14.4. The standard InChI is InChI=1S/C18H20N4/c1-14-11-15(2)18(22-10-6-9-20-22)16(12-14)13-19-21-17-7-4-3-5-8-17/h3-12,19,21H,13H2,1-2H3. The predicted octanol–water partition coefficient (Wildman–Crippen LogP) is 3.61. The monoisotopic (exact) mass is 292 g/mol. The summed E-state index contributed by atoms with van der Waals surface area (Å²) >= 11 is 0. The molecule has 2 N–H and O–H groups in total. The minimum Gasteiger partial charge on any atom is -0.321 e. The van der Waals surface area contributed by atoms with Crippen LogP contribution in [0.3, 0.4) is 0 Å². The lowest BCUT2D eigenvalue weighted by molar-refractivity contribution is 0.774. The molecule has 0 aliphatic rings. The van der Waals surface area contributed by atoms with E-state index in [1.807, 2.05) is 47.3 Å². The molecular weight excluding hydrogens is 272 g/mol. The number of nitrogens with one attached hydrogen (secondary N) is 2. The number of anilines is 1. The van der Waals surface area contributed by atoms with Crippen molar-refractivity contribution in [2.24, 2.45) is 0 Å². The normalized spacial score (nSPS) is 10.6. The van der Waals surface area contributed by atoms with E-state index in [9.17, 15) is 0 Å². The summed E-state index contributed by atoms with van der Waals surface area (Å²) in [5, 5.41) is 4.37. The van der Waals surface area contributed by atoms with E-state index in [2.05, 4.69) is 41.9 Å². The average molecular weight is 292 g/mol. The summed E-state index contributed by atoms with van der Waals surface area (Å²) in [6.45, 7) is 4.96. The lowest BCUT2D eigenvalue weighted by atomic mass is 10.0. The topological polar surface area (TPSA) is 41.9 Å². The highest BCUT2D eigenvalue weighted by Crippen LogP contribution is 2.21. The molecule has 0 spiro atoms. The van der Waals surface area contributed by atoms with Crippen molar-refractivity contribution in [2.75, 3.05) is 5.43 Å². The van der Waals surface area contributed by atoms with Gasteiger partial charge in [0, 0.05) is 24.6 Å². The molecule has 22 heavy (non-hydrogen) atoms. The number of para-hydroxylation sites is 1. The number of hydrogen-bond acceptors (Lipinski definition) is 3. The molecule has 3 rings (SSSR count). The van der Waals surface area contributed by atoms with E-state index in [1.165, 1.54) is 16.7 Å². The van der Waals surface area contributed by atoms with Crippen LogP contribution in [-0.4, -0.2) is 9.78 Å². The number of rotatable bonds is 5. The van der Waals surface area contributed by atoms with Gasteiger partial charge in [0.1, 0.15) is 0 Å². The summed E-state index contributed by atoms with van der Waals surface area (Å²) in [4.78, 5) is 0. The Morgan fingerprint density at radius 3 is 2.59 bits per heavy atom. The van der Waals surface area contributed by atoms with Gasteiger partial charge < -0.3 is 5.43 Å². The van der Waals surface area contributed by atoms with E-state index < -0.39 is 0 Å². The highest BCUT2D eigenvalue weighted by Gasteiger charge is 2.09. The minimum absolute atomic E-state index is 0.715. The van der Waals surface area contributed by atoms with Crippen LogP contribution in [0.4, 0.5) is 5.69 Å². The molecule has 1 aromatic heterocycles. The molecule has 112 valence electrons. The fourth-order valence-corrected chi connectivity index (χ4v) is 2.67. The Bertz CT molecular complexity index is 733. The van der Waals surface area contributed by atoms with Gasteiger partial charge in [0.2, 0.25) is 0 Å². The lowest BCUT2D eigenvalue weighted by Crippen LogP contribution is -2.22. The quantitative estimate of drug-likeness (QED) is 0.706. The van der Waals surface area contributed by atoms with Gasteiger partial charge >= 0.3 is 0 Å². The second kappa shape index (κ2) is 6.45.